The fraction of sp³-hybridized carbons (Fsp3) is 0.389. The third kappa shape index (κ3) is 2.26. The Kier molecular flexibility index (Phi) is 3.86. The van der Waals surface area contributed by atoms with E-state index in [9.17, 15) is 4.79 Å². The van der Waals surface area contributed by atoms with E-state index in [2.05, 4.69) is 4.99 Å². The highest BCUT2D eigenvalue weighted by molar-refractivity contribution is 5.90. The molecule has 4 heteroatoms. The molecule has 0 spiro atoms. The Bertz CT molecular complexity index is 736. The second-order valence-corrected chi connectivity index (χ2v) is 5.67. The lowest BCUT2D eigenvalue weighted by molar-refractivity contribution is 0.381. The van der Waals surface area contributed by atoms with Gasteiger partial charge in [0.2, 0.25) is 6.08 Å². The number of hydrogen-bond donors (Lipinski definition) is 0. The molecule has 114 valence electrons. The third-order valence-electron chi connectivity index (χ3n) is 4.57. The summed E-state index contributed by atoms with van der Waals surface area (Å²) in [5.41, 5.74) is 0.450. The largest absolute Gasteiger partial charge is 0.497 e. The van der Waals surface area contributed by atoms with Crippen LogP contribution >= 0.6 is 0 Å². The summed E-state index contributed by atoms with van der Waals surface area (Å²) in [5.74, 6) is 1.55. The Morgan fingerprint density at radius 3 is 2.45 bits per heavy atom. The molecule has 4 nitrogen and oxygen atoms in total. The van der Waals surface area contributed by atoms with E-state index in [-0.39, 0.29) is 0 Å². The Hall–Kier alpha value is -2.32. The molecule has 0 radical (unpaired) electrons. The molecular weight excluding hydrogens is 278 g/mol. The van der Waals surface area contributed by atoms with Crippen molar-refractivity contribution in [1.29, 1.82) is 0 Å². The number of aliphatic imine (C=N–C) groups is 1. The molecule has 0 saturated heterocycles. The third-order valence-corrected chi connectivity index (χ3v) is 4.57. The van der Waals surface area contributed by atoms with Gasteiger partial charge < -0.3 is 9.47 Å². The van der Waals surface area contributed by atoms with Gasteiger partial charge in [0.25, 0.3) is 0 Å². The van der Waals surface area contributed by atoms with Crippen molar-refractivity contribution >= 4 is 16.9 Å². The first-order valence-corrected chi connectivity index (χ1v) is 7.48. The molecule has 1 saturated carbocycles. The molecule has 0 atom stereocenters. The number of rotatable bonds is 4. The van der Waals surface area contributed by atoms with Crippen LogP contribution in [0.4, 0.5) is 0 Å². The van der Waals surface area contributed by atoms with Crippen LogP contribution in [0.5, 0.6) is 11.5 Å². The van der Waals surface area contributed by atoms with Crippen LogP contribution in [0.25, 0.3) is 10.8 Å². The highest BCUT2D eigenvalue weighted by Gasteiger charge is 2.39. The fourth-order valence-corrected chi connectivity index (χ4v) is 3.52. The number of nitrogens with zero attached hydrogens (tertiary/aromatic N) is 1. The van der Waals surface area contributed by atoms with E-state index in [1.807, 2.05) is 30.3 Å². The van der Waals surface area contributed by atoms with Crippen molar-refractivity contribution in [3.63, 3.8) is 0 Å². The number of ether oxygens (including phenoxy) is 2. The van der Waals surface area contributed by atoms with Gasteiger partial charge in [-0.05, 0) is 41.8 Å². The first-order valence-electron chi connectivity index (χ1n) is 7.48. The minimum atomic E-state index is -0.529. The highest BCUT2D eigenvalue weighted by Crippen LogP contribution is 2.48. The van der Waals surface area contributed by atoms with Crippen LogP contribution in [0, 0.1) is 0 Å². The van der Waals surface area contributed by atoms with Crippen LogP contribution in [0.3, 0.4) is 0 Å². The van der Waals surface area contributed by atoms with Gasteiger partial charge in [-0.15, -0.1) is 0 Å². The van der Waals surface area contributed by atoms with Crippen molar-refractivity contribution in [2.75, 3.05) is 14.2 Å². The Labute approximate surface area is 129 Å². The van der Waals surface area contributed by atoms with Gasteiger partial charge in [0.05, 0.1) is 14.2 Å². The van der Waals surface area contributed by atoms with E-state index in [0.29, 0.717) is 0 Å². The number of benzene rings is 2. The number of methoxy groups -OCH3 is 2. The summed E-state index contributed by atoms with van der Waals surface area (Å²) in [6.07, 6.45) is 5.57. The van der Waals surface area contributed by atoms with Gasteiger partial charge in [-0.1, -0.05) is 25.0 Å². The minimum Gasteiger partial charge on any atom is -0.497 e. The first kappa shape index (κ1) is 14.6. The monoisotopic (exact) mass is 297 g/mol. The first-order chi connectivity index (χ1) is 10.7. The highest BCUT2D eigenvalue weighted by atomic mass is 16.5. The lowest BCUT2D eigenvalue weighted by Gasteiger charge is -2.27. The maximum absolute atomic E-state index is 11.0. The molecule has 0 unspecified atom stereocenters. The zero-order chi connectivity index (χ0) is 15.6. The summed E-state index contributed by atoms with van der Waals surface area (Å²) < 4.78 is 10.9. The van der Waals surface area contributed by atoms with Crippen LogP contribution < -0.4 is 9.47 Å². The lowest BCUT2D eigenvalue weighted by Crippen LogP contribution is -2.20. The average Bonchev–Trinajstić information content (AvgIpc) is 3.02. The Balaban J connectivity index is 2.35. The summed E-state index contributed by atoms with van der Waals surface area (Å²) >= 11 is 0. The molecular formula is C18H19NO3. The number of fused-ring (bicyclic) bond motifs is 1. The molecule has 1 aliphatic rings. The quantitative estimate of drug-likeness (QED) is 0.634. The molecule has 2 aromatic carbocycles. The van der Waals surface area contributed by atoms with Crippen molar-refractivity contribution in [2.45, 2.75) is 31.2 Å². The van der Waals surface area contributed by atoms with Gasteiger partial charge in [-0.3, -0.25) is 0 Å². The second kappa shape index (κ2) is 5.82. The molecule has 2 aromatic rings. The summed E-state index contributed by atoms with van der Waals surface area (Å²) in [6, 6.07) is 9.91. The van der Waals surface area contributed by atoms with Gasteiger partial charge in [0.1, 0.15) is 17.0 Å². The second-order valence-electron chi connectivity index (χ2n) is 5.67. The molecule has 0 N–H and O–H groups in total. The van der Waals surface area contributed by atoms with E-state index in [4.69, 9.17) is 9.47 Å². The zero-order valence-corrected chi connectivity index (χ0v) is 12.9. The molecule has 22 heavy (non-hydrogen) atoms. The molecule has 1 aliphatic carbocycles. The molecule has 0 aromatic heterocycles. The zero-order valence-electron chi connectivity index (χ0n) is 12.9. The van der Waals surface area contributed by atoms with E-state index >= 15 is 0 Å². The maximum atomic E-state index is 11.0. The Morgan fingerprint density at radius 2 is 1.82 bits per heavy atom. The summed E-state index contributed by atoms with van der Waals surface area (Å²) in [6.45, 7) is 0. The van der Waals surface area contributed by atoms with Crippen molar-refractivity contribution in [3.05, 3.63) is 35.9 Å². The molecule has 3 rings (SSSR count). The number of carbonyl (C=O) groups excluding carboxylic acids is 1. The van der Waals surface area contributed by atoms with Crippen LogP contribution in [0.15, 0.2) is 35.3 Å². The topological polar surface area (TPSA) is 47.9 Å². The molecule has 0 aliphatic heterocycles. The van der Waals surface area contributed by atoms with Gasteiger partial charge >= 0.3 is 0 Å². The normalized spacial score (nSPS) is 16.3. The predicted molar refractivity (Wildman–Crippen MR) is 85.3 cm³/mol. The minimum absolute atomic E-state index is 0.529. The SMILES string of the molecule is COc1ccc2ccc(OC)c(C3(N=C=O)CCCC3)c2c1. The van der Waals surface area contributed by atoms with Crippen molar-refractivity contribution < 1.29 is 14.3 Å². The smallest absolute Gasteiger partial charge is 0.235 e. The van der Waals surface area contributed by atoms with Crippen LogP contribution in [0.1, 0.15) is 31.2 Å². The van der Waals surface area contributed by atoms with Gasteiger partial charge in [-0.2, -0.15) is 4.99 Å². The van der Waals surface area contributed by atoms with Crippen LogP contribution in [-0.2, 0) is 10.3 Å². The Morgan fingerprint density at radius 1 is 1.09 bits per heavy atom. The number of hydrogen-bond acceptors (Lipinski definition) is 4. The van der Waals surface area contributed by atoms with Gasteiger partial charge in [0, 0.05) is 5.56 Å². The maximum Gasteiger partial charge on any atom is 0.235 e. The predicted octanol–water partition coefficient (Wildman–Crippen LogP) is 3.96. The standard InChI is InChI=1S/C18H19NO3/c1-21-14-7-5-13-6-8-16(22-2)17(15(13)11-14)18(19-12-20)9-3-4-10-18/h5-8,11H,3-4,9-10H2,1-2H3. The molecule has 1 fully saturated rings. The molecule has 0 heterocycles. The van der Waals surface area contributed by atoms with Crippen molar-refractivity contribution in [3.8, 4) is 11.5 Å². The van der Waals surface area contributed by atoms with Gasteiger partial charge in [-0.25, -0.2) is 4.79 Å². The van der Waals surface area contributed by atoms with E-state index in [1.165, 1.54) is 0 Å². The fourth-order valence-electron chi connectivity index (χ4n) is 3.52. The summed E-state index contributed by atoms with van der Waals surface area (Å²) in [5, 5.41) is 2.11. The van der Waals surface area contributed by atoms with E-state index in [1.54, 1.807) is 20.3 Å². The molecule has 0 amide bonds. The number of isocyanates is 1. The summed E-state index contributed by atoms with van der Waals surface area (Å²) in [4.78, 5) is 15.3. The lowest BCUT2D eigenvalue weighted by atomic mass is 9.84. The summed E-state index contributed by atoms with van der Waals surface area (Å²) in [7, 11) is 3.30. The van der Waals surface area contributed by atoms with E-state index in [0.717, 1.165) is 53.5 Å². The van der Waals surface area contributed by atoms with Crippen molar-refractivity contribution in [2.24, 2.45) is 4.99 Å². The average molecular weight is 297 g/mol. The van der Waals surface area contributed by atoms with E-state index < -0.39 is 5.54 Å². The molecule has 0 bridgehead atoms. The van der Waals surface area contributed by atoms with Crippen molar-refractivity contribution in [1.82, 2.24) is 0 Å². The van der Waals surface area contributed by atoms with Gasteiger partial charge in [0.15, 0.2) is 0 Å². The van der Waals surface area contributed by atoms with Crippen LogP contribution in [0.2, 0.25) is 0 Å². The van der Waals surface area contributed by atoms with Crippen LogP contribution in [-0.4, -0.2) is 20.3 Å².